The molecule has 0 fully saturated rings. The number of nitriles is 1. The summed E-state index contributed by atoms with van der Waals surface area (Å²) in [5.74, 6) is 0.417. The van der Waals surface area contributed by atoms with Gasteiger partial charge in [0.15, 0.2) is 0 Å². The third-order valence-corrected chi connectivity index (χ3v) is 3.96. The van der Waals surface area contributed by atoms with Crippen LogP contribution in [0.15, 0.2) is 18.2 Å². The maximum atomic E-state index is 12.7. The number of ether oxygens (including phenoxy) is 2. The van der Waals surface area contributed by atoms with Crippen LogP contribution in [0.4, 0.5) is 5.69 Å². The fourth-order valence-electron chi connectivity index (χ4n) is 2.46. The van der Waals surface area contributed by atoms with Gasteiger partial charge in [0.2, 0.25) is 0 Å². The van der Waals surface area contributed by atoms with Crippen LogP contribution in [-0.2, 0) is 9.53 Å². The normalized spacial score (nSPS) is 12.9. The number of benzene rings is 1. The van der Waals surface area contributed by atoms with Gasteiger partial charge in [0, 0.05) is 6.61 Å². The zero-order valence-electron chi connectivity index (χ0n) is 15.9. The van der Waals surface area contributed by atoms with E-state index in [0.717, 1.165) is 25.7 Å². The van der Waals surface area contributed by atoms with Gasteiger partial charge in [0.25, 0.3) is 5.91 Å². The fourth-order valence-corrected chi connectivity index (χ4v) is 2.46. The number of anilines is 1. The molecule has 0 unspecified atom stereocenters. The number of rotatable bonds is 11. The zero-order valence-corrected chi connectivity index (χ0v) is 15.9. The van der Waals surface area contributed by atoms with Crippen LogP contribution < -0.4 is 10.1 Å². The molecule has 0 aliphatic rings. The summed E-state index contributed by atoms with van der Waals surface area (Å²) < 4.78 is 11.4. The van der Waals surface area contributed by atoms with Gasteiger partial charge >= 0.3 is 0 Å². The number of amides is 1. The molecule has 25 heavy (non-hydrogen) atoms. The molecular weight excluding hydrogens is 316 g/mol. The Balaban J connectivity index is 2.89. The highest BCUT2D eigenvalue weighted by Gasteiger charge is 2.33. The third kappa shape index (κ3) is 6.39. The van der Waals surface area contributed by atoms with E-state index in [1.165, 1.54) is 0 Å². The SMILES string of the molecule is CCCCOc1ccc(NC(=O)[C@@](C)(CCC)OCCC)c(C#N)c1. The summed E-state index contributed by atoms with van der Waals surface area (Å²) in [5.41, 5.74) is -0.0252. The van der Waals surface area contributed by atoms with E-state index in [4.69, 9.17) is 9.47 Å². The molecule has 1 aromatic rings. The molecular formula is C20H30N2O3. The van der Waals surface area contributed by atoms with Crippen molar-refractivity contribution < 1.29 is 14.3 Å². The molecule has 0 saturated carbocycles. The molecule has 5 heteroatoms. The molecule has 0 spiro atoms. The molecule has 0 bridgehead atoms. The van der Waals surface area contributed by atoms with Crippen LogP contribution in [0.2, 0.25) is 0 Å². The van der Waals surface area contributed by atoms with Crippen LogP contribution in [0.5, 0.6) is 5.75 Å². The highest BCUT2D eigenvalue weighted by atomic mass is 16.5. The Bertz CT molecular complexity index is 595. The maximum absolute atomic E-state index is 12.7. The van der Waals surface area contributed by atoms with Crippen LogP contribution in [0.25, 0.3) is 0 Å². The van der Waals surface area contributed by atoms with E-state index in [0.29, 0.717) is 36.6 Å². The van der Waals surface area contributed by atoms with Gasteiger partial charge in [-0.3, -0.25) is 4.79 Å². The van der Waals surface area contributed by atoms with Gasteiger partial charge in [0.05, 0.1) is 17.9 Å². The first-order valence-electron chi connectivity index (χ1n) is 9.13. The number of carbonyl (C=O) groups is 1. The first-order chi connectivity index (χ1) is 12.0. The number of nitrogens with one attached hydrogen (secondary N) is 1. The van der Waals surface area contributed by atoms with Gasteiger partial charge in [-0.1, -0.05) is 33.6 Å². The quantitative estimate of drug-likeness (QED) is 0.591. The van der Waals surface area contributed by atoms with Crippen LogP contribution >= 0.6 is 0 Å². The minimum Gasteiger partial charge on any atom is -0.494 e. The number of hydrogen-bond donors (Lipinski definition) is 1. The van der Waals surface area contributed by atoms with Crippen molar-refractivity contribution in [3.8, 4) is 11.8 Å². The van der Waals surface area contributed by atoms with E-state index in [9.17, 15) is 10.1 Å². The largest absolute Gasteiger partial charge is 0.494 e. The number of nitrogens with zero attached hydrogens (tertiary/aromatic N) is 1. The standard InChI is InChI=1S/C20H30N2O3/c1-5-8-13-24-17-9-10-18(16(14-17)15-21)22-19(23)20(4,11-6-2)25-12-7-3/h9-10,14H,5-8,11-13H2,1-4H3,(H,22,23)/t20-/m1/s1. The van der Waals surface area contributed by atoms with Crippen molar-refractivity contribution in [2.75, 3.05) is 18.5 Å². The molecule has 0 aliphatic carbocycles. The Morgan fingerprint density at radius 2 is 1.96 bits per heavy atom. The second-order valence-corrected chi connectivity index (χ2v) is 6.30. The van der Waals surface area contributed by atoms with E-state index in [-0.39, 0.29) is 5.91 Å². The highest BCUT2D eigenvalue weighted by Crippen LogP contribution is 2.25. The third-order valence-electron chi connectivity index (χ3n) is 3.96. The summed E-state index contributed by atoms with van der Waals surface area (Å²) in [7, 11) is 0. The molecule has 0 saturated heterocycles. The predicted octanol–water partition coefficient (Wildman–Crippen LogP) is 4.66. The lowest BCUT2D eigenvalue weighted by Crippen LogP contribution is -2.43. The molecule has 5 nitrogen and oxygen atoms in total. The van der Waals surface area contributed by atoms with E-state index in [2.05, 4.69) is 18.3 Å². The Morgan fingerprint density at radius 3 is 2.56 bits per heavy atom. The number of carbonyl (C=O) groups excluding carboxylic acids is 1. The van der Waals surface area contributed by atoms with Gasteiger partial charge in [-0.25, -0.2) is 0 Å². The van der Waals surface area contributed by atoms with Crippen LogP contribution in [0.1, 0.15) is 65.4 Å². The fraction of sp³-hybridized carbons (Fsp3) is 0.600. The van der Waals surface area contributed by atoms with Crippen molar-refractivity contribution in [3.05, 3.63) is 23.8 Å². The molecule has 1 aromatic carbocycles. The Morgan fingerprint density at radius 1 is 1.20 bits per heavy atom. The summed E-state index contributed by atoms with van der Waals surface area (Å²) in [6.45, 7) is 9.07. The Hall–Kier alpha value is -2.06. The van der Waals surface area contributed by atoms with Crippen LogP contribution in [-0.4, -0.2) is 24.7 Å². The summed E-state index contributed by atoms with van der Waals surface area (Å²) in [6.07, 6.45) is 4.32. The monoisotopic (exact) mass is 346 g/mol. The summed E-state index contributed by atoms with van der Waals surface area (Å²) in [6, 6.07) is 7.27. The van der Waals surface area contributed by atoms with Crippen molar-refractivity contribution in [3.63, 3.8) is 0 Å². The molecule has 0 heterocycles. The number of hydrogen-bond acceptors (Lipinski definition) is 4. The average molecular weight is 346 g/mol. The molecule has 0 aliphatic heterocycles. The second-order valence-electron chi connectivity index (χ2n) is 6.30. The lowest BCUT2D eigenvalue weighted by molar-refractivity contribution is -0.140. The smallest absolute Gasteiger partial charge is 0.256 e. The highest BCUT2D eigenvalue weighted by molar-refractivity contribution is 5.98. The van der Waals surface area contributed by atoms with Gasteiger partial charge < -0.3 is 14.8 Å². The molecule has 1 amide bonds. The van der Waals surface area contributed by atoms with E-state index >= 15 is 0 Å². The van der Waals surface area contributed by atoms with Gasteiger partial charge in [0.1, 0.15) is 17.4 Å². The molecule has 1 N–H and O–H groups in total. The van der Waals surface area contributed by atoms with Gasteiger partial charge in [-0.2, -0.15) is 5.26 Å². The molecule has 0 radical (unpaired) electrons. The van der Waals surface area contributed by atoms with E-state index in [1.54, 1.807) is 25.1 Å². The lowest BCUT2D eigenvalue weighted by Gasteiger charge is -2.28. The van der Waals surface area contributed by atoms with E-state index in [1.807, 2.05) is 13.8 Å². The Labute approximate surface area is 151 Å². The first kappa shape index (κ1) is 21.0. The topological polar surface area (TPSA) is 71.3 Å². The average Bonchev–Trinajstić information content (AvgIpc) is 2.61. The van der Waals surface area contributed by atoms with Crippen molar-refractivity contribution in [2.45, 2.75) is 65.4 Å². The zero-order chi connectivity index (χ0) is 18.7. The predicted molar refractivity (Wildman–Crippen MR) is 99.7 cm³/mol. The van der Waals surface area contributed by atoms with Crippen LogP contribution in [0, 0.1) is 11.3 Å². The molecule has 0 aromatic heterocycles. The molecule has 138 valence electrons. The molecule has 1 atom stereocenters. The maximum Gasteiger partial charge on any atom is 0.256 e. The first-order valence-corrected chi connectivity index (χ1v) is 9.13. The summed E-state index contributed by atoms with van der Waals surface area (Å²) in [4.78, 5) is 12.7. The minimum absolute atomic E-state index is 0.223. The number of unbranched alkanes of at least 4 members (excludes halogenated alkanes) is 1. The van der Waals surface area contributed by atoms with Crippen molar-refractivity contribution in [2.24, 2.45) is 0 Å². The minimum atomic E-state index is -0.895. The van der Waals surface area contributed by atoms with Crippen molar-refractivity contribution in [1.29, 1.82) is 5.26 Å². The Kier molecular flexibility index (Phi) is 9.01. The van der Waals surface area contributed by atoms with Gasteiger partial charge in [-0.05, 0) is 44.4 Å². The molecule has 1 rings (SSSR count). The summed E-state index contributed by atoms with van der Waals surface area (Å²) in [5, 5.41) is 12.2. The van der Waals surface area contributed by atoms with Gasteiger partial charge in [-0.15, -0.1) is 0 Å². The van der Waals surface area contributed by atoms with Crippen molar-refractivity contribution in [1.82, 2.24) is 0 Å². The second kappa shape index (κ2) is 10.7. The van der Waals surface area contributed by atoms with Crippen LogP contribution in [0.3, 0.4) is 0 Å². The summed E-state index contributed by atoms with van der Waals surface area (Å²) >= 11 is 0. The lowest BCUT2D eigenvalue weighted by atomic mass is 9.98. The van der Waals surface area contributed by atoms with Crippen molar-refractivity contribution >= 4 is 11.6 Å². The van der Waals surface area contributed by atoms with E-state index < -0.39 is 5.60 Å².